The molecule has 1 atom stereocenters. The highest BCUT2D eigenvalue weighted by Gasteiger charge is 2.38. The average Bonchev–Trinajstić information content (AvgIpc) is 3.11. The number of ketones is 1. The summed E-state index contributed by atoms with van der Waals surface area (Å²) in [4.78, 5) is 33.3. The van der Waals surface area contributed by atoms with Crippen molar-refractivity contribution in [3.05, 3.63) is 40.4 Å². The molecule has 2 heterocycles. The van der Waals surface area contributed by atoms with Crippen LogP contribution in [0, 0.1) is 0 Å². The number of anilines is 1. The minimum Gasteiger partial charge on any atom is -0.535 e. The third kappa shape index (κ3) is 4.73. The Hall–Kier alpha value is -2.96. The average molecular weight is 418 g/mol. The van der Waals surface area contributed by atoms with Gasteiger partial charge < -0.3 is 31.1 Å². The molecule has 0 amide bonds. The highest BCUT2D eigenvalue weighted by molar-refractivity contribution is 7.13. The highest BCUT2D eigenvalue weighted by atomic mass is 32.1. The molecule has 3 rings (SSSR count). The zero-order valence-electron chi connectivity index (χ0n) is 15.3. The van der Waals surface area contributed by atoms with E-state index in [0.717, 1.165) is 11.3 Å². The lowest BCUT2D eigenvalue weighted by molar-refractivity contribution is -0.113. The lowest BCUT2D eigenvalue weighted by Crippen LogP contribution is -2.37. The third-order valence-corrected chi connectivity index (χ3v) is 4.97. The van der Waals surface area contributed by atoms with Crippen LogP contribution in [-0.2, 0) is 16.1 Å². The summed E-state index contributed by atoms with van der Waals surface area (Å²) < 4.78 is 5.43. The van der Waals surface area contributed by atoms with E-state index in [1.807, 2.05) is 0 Å². The van der Waals surface area contributed by atoms with Crippen LogP contribution < -0.4 is 16.1 Å². The molecule has 1 aliphatic heterocycles. The predicted octanol–water partition coefficient (Wildman–Crippen LogP) is 0.548. The number of hydrogen-bond acceptors (Lipinski definition) is 10. The van der Waals surface area contributed by atoms with E-state index in [1.165, 1.54) is 6.07 Å². The summed E-state index contributed by atoms with van der Waals surface area (Å²) >= 11 is 1.15. The zero-order chi connectivity index (χ0) is 21.0. The van der Waals surface area contributed by atoms with Crippen LogP contribution in [0.1, 0.15) is 28.0 Å². The summed E-state index contributed by atoms with van der Waals surface area (Å²) in [5, 5.41) is 25.3. The number of para-hydroxylation sites is 1. The van der Waals surface area contributed by atoms with Crippen LogP contribution in [0.4, 0.5) is 5.13 Å². The molecule has 0 saturated carbocycles. The number of aromatic nitrogens is 1. The standard InChI is InChI=1S/C17H19BN4O6S/c19-4-5-27-22-14(12-8-29-17(20)21-12)13(23)7-10-6-9-2-1-3-11(16(24)25)15(9)28-18(10)26/h1-3,8,10,26H,4-7,19H2,(H2,20,21)(H,24,25)/b22-14-/t10-/m1/s1. The van der Waals surface area contributed by atoms with Gasteiger partial charge in [0.1, 0.15) is 18.1 Å². The Morgan fingerprint density at radius 1 is 1.45 bits per heavy atom. The molecule has 0 saturated heterocycles. The first-order valence-corrected chi connectivity index (χ1v) is 9.63. The second-order valence-corrected chi connectivity index (χ2v) is 7.22. The maximum Gasteiger partial charge on any atom is 0.526 e. The largest absolute Gasteiger partial charge is 0.535 e. The van der Waals surface area contributed by atoms with Crippen molar-refractivity contribution in [2.75, 3.05) is 18.9 Å². The molecule has 152 valence electrons. The number of rotatable bonds is 8. The Morgan fingerprint density at radius 3 is 2.90 bits per heavy atom. The second-order valence-electron chi connectivity index (χ2n) is 6.33. The third-order valence-electron chi connectivity index (χ3n) is 4.29. The summed E-state index contributed by atoms with van der Waals surface area (Å²) in [6.07, 6.45) is 0.152. The molecule has 0 aliphatic carbocycles. The quantitative estimate of drug-likeness (QED) is 0.207. The van der Waals surface area contributed by atoms with E-state index in [0.29, 0.717) is 5.56 Å². The monoisotopic (exact) mass is 418 g/mol. The maximum atomic E-state index is 12.9. The Morgan fingerprint density at radius 2 is 2.24 bits per heavy atom. The molecule has 0 radical (unpaired) electrons. The van der Waals surface area contributed by atoms with Gasteiger partial charge in [0, 0.05) is 24.2 Å². The van der Waals surface area contributed by atoms with Crippen molar-refractivity contribution in [1.29, 1.82) is 0 Å². The van der Waals surface area contributed by atoms with Crippen molar-refractivity contribution in [2.24, 2.45) is 10.9 Å². The van der Waals surface area contributed by atoms with Gasteiger partial charge >= 0.3 is 13.1 Å². The number of carboxylic acid groups (broad SMARTS) is 1. The fourth-order valence-electron chi connectivity index (χ4n) is 2.96. The Kier molecular flexibility index (Phi) is 6.47. The number of nitrogen functional groups attached to an aromatic ring is 1. The van der Waals surface area contributed by atoms with Gasteiger partial charge in [-0.15, -0.1) is 11.3 Å². The van der Waals surface area contributed by atoms with Crippen molar-refractivity contribution < 1.29 is 29.2 Å². The van der Waals surface area contributed by atoms with Gasteiger partial charge in [0.25, 0.3) is 0 Å². The normalized spacial score (nSPS) is 16.1. The van der Waals surface area contributed by atoms with Crippen molar-refractivity contribution in [3.63, 3.8) is 0 Å². The summed E-state index contributed by atoms with van der Waals surface area (Å²) in [5.74, 6) is -2.06. The van der Waals surface area contributed by atoms with Crippen molar-refractivity contribution >= 4 is 41.1 Å². The van der Waals surface area contributed by atoms with Gasteiger partial charge in [-0.3, -0.25) is 4.79 Å². The molecule has 10 nitrogen and oxygen atoms in total. The number of hydrogen-bond donors (Lipinski definition) is 4. The first-order valence-electron chi connectivity index (χ1n) is 8.75. The zero-order valence-corrected chi connectivity index (χ0v) is 16.1. The van der Waals surface area contributed by atoms with E-state index < -0.39 is 24.7 Å². The van der Waals surface area contributed by atoms with Crippen LogP contribution >= 0.6 is 11.3 Å². The van der Waals surface area contributed by atoms with Gasteiger partial charge in [0.05, 0.1) is 5.56 Å². The number of carboxylic acids is 1. The van der Waals surface area contributed by atoms with E-state index in [4.69, 9.17) is 21.0 Å². The fraction of sp³-hybridized carbons (Fsp3) is 0.294. The Bertz CT molecular complexity index is 950. The minimum absolute atomic E-state index is 0.0244. The molecule has 1 aromatic carbocycles. The van der Waals surface area contributed by atoms with Gasteiger partial charge in [0.2, 0.25) is 0 Å². The number of fused-ring (bicyclic) bond motifs is 1. The topological polar surface area (TPSA) is 170 Å². The van der Waals surface area contributed by atoms with E-state index in [2.05, 4.69) is 10.1 Å². The number of thiazole rings is 1. The van der Waals surface area contributed by atoms with Crippen molar-refractivity contribution in [3.8, 4) is 5.75 Å². The lowest BCUT2D eigenvalue weighted by Gasteiger charge is -2.28. The summed E-state index contributed by atoms with van der Waals surface area (Å²) in [5.41, 5.74) is 11.8. The number of nitrogens with zero attached hydrogens (tertiary/aromatic N) is 2. The molecule has 1 aromatic heterocycles. The van der Waals surface area contributed by atoms with E-state index >= 15 is 0 Å². The first kappa shape index (κ1) is 20.8. The minimum atomic E-state index is -1.35. The van der Waals surface area contributed by atoms with E-state index in [1.54, 1.807) is 17.5 Å². The number of carbonyl (C=O) groups excluding carboxylic acids is 1. The second kappa shape index (κ2) is 9.03. The van der Waals surface area contributed by atoms with Crippen molar-refractivity contribution in [1.82, 2.24) is 4.98 Å². The maximum absolute atomic E-state index is 12.9. The van der Waals surface area contributed by atoms with Gasteiger partial charge in [-0.05, 0) is 18.1 Å². The summed E-state index contributed by atoms with van der Waals surface area (Å²) in [6, 6.07) is 4.69. The molecule has 0 spiro atoms. The smallest absolute Gasteiger partial charge is 0.526 e. The number of aromatic carboxylic acids is 1. The molecule has 6 N–H and O–H groups in total. The Labute approximate surface area is 170 Å². The van der Waals surface area contributed by atoms with Crippen LogP contribution in [0.3, 0.4) is 0 Å². The van der Waals surface area contributed by atoms with Crippen LogP contribution in [-0.4, -0.2) is 52.8 Å². The Balaban J connectivity index is 1.80. The molecule has 0 fully saturated rings. The van der Waals surface area contributed by atoms with Gasteiger partial charge in [-0.1, -0.05) is 17.3 Å². The number of carbonyl (C=O) groups is 2. The molecular weight excluding hydrogens is 399 g/mol. The lowest BCUT2D eigenvalue weighted by atomic mass is 9.64. The van der Waals surface area contributed by atoms with Crippen LogP contribution in [0.25, 0.3) is 0 Å². The first-order chi connectivity index (χ1) is 13.9. The molecule has 12 heteroatoms. The molecule has 2 aromatic rings. The van der Waals surface area contributed by atoms with E-state index in [-0.39, 0.29) is 53.8 Å². The summed E-state index contributed by atoms with van der Waals surface area (Å²) in [6.45, 7) is 0.346. The van der Waals surface area contributed by atoms with Crippen LogP contribution in [0.5, 0.6) is 5.75 Å². The summed E-state index contributed by atoms with van der Waals surface area (Å²) in [7, 11) is -1.35. The predicted molar refractivity (Wildman–Crippen MR) is 107 cm³/mol. The molecule has 1 aliphatic rings. The van der Waals surface area contributed by atoms with Crippen molar-refractivity contribution in [2.45, 2.75) is 18.7 Å². The number of Topliss-reactive ketones (excluding diaryl/α,β-unsaturated/α-hetero) is 1. The van der Waals surface area contributed by atoms with Crippen LogP contribution in [0.2, 0.25) is 5.82 Å². The van der Waals surface area contributed by atoms with Gasteiger partial charge in [-0.2, -0.15) is 0 Å². The molecule has 29 heavy (non-hydrogen) atoms. The number of benzene rings is 1. The van der Waals surface area contributed by atoms with E-state index in [9.17, 15) is 19.7 Å². The molecule has 0 unspecified atom stereocenters. The molecule has 0 bridgehead atoms. The highest BCUT2D eigenvalue weighted by Crippen LogP contribution is 2.36. The SMILES string of the molecule is NCCO/N=C(\C(=O)C[C@H]1Cc2cccc(C(=O)O)c2OB1O)c1csc(N)n1. The van der Waals surface area contributed by atoms with Gasteiger partial charge in [-0.25, -0.2) is 9.78 Å². The van der Waals surface area contributed by atoms with Crippen LogP contribution in [0.15, 0.2) is 28.7 Å². The molecular formula is C17H19BN4O6S. The fourth-order valence-corrected chi connectivity index (χ4v) is 3.51. The number of oxime groups is 1. The number of nitrogens with two attached hydrogens (primary N) is 2. The van der Waals surface area contributed by atoms with Gasteiger partial charge in [0.15, 0.2) is 16.6 Å².